The molecule has 2 aromatic carbocycles. The Morgan fingerprint density at radius 1 is 1.08 bits per heavy atom. The summed E-state index contributed by atoms with van der Waals surface area (Å²) >= 11 is 5.93. The summed E-state index contributed by atoms with van der Waals surface area (Å²) in [4.78, 5) is 17.8. The molecular weight excluding hydrogens is 336 g/mol. The molecule has 0 spiro atoms. The van der Waals surface area contributed by atoms with Gasteiger partial charge in [-0.15, -0.1) is 0 Å². The number of likely N-dealkylation sites (tertiary alicyclic amines) is 1. The topological polar surface area (TPSA) is 56.3 Å². The van der Waals surface area contributed by atoms with Crippen molar-refractivity contribution in [3.05, 3.63) is 70.9 Å². The predicted octanol–water partition coefficient (Wildman–Crippen LogP) is 3.95. The number of benzene rings is 2. The van der Waals surface area contributed by atoms with Gasteiger partial charge in [0, 0.05) is 35.2 Å². The summed E-state index contributed by atoms with van der Waals surface area (Å²) in [7, 11) is 0. The zero-order chi connectivity index (χ0) is 17.4. The molecule has 1 amide bonds. The van der Waals surface area contributed by atoms with Crippen LogP contribution in [0.2, 0.25) is 5.02 Å². The van der Waals surface area contributed by atoms with Gasteiger partial charge in [-0.2, -0.15) is 0 Å². The Hall–Kier alpha value is -2.30. The minimum atomic E-state index is -0.901. The molecule has 1 aliphatic heterocycles. The second-order valence-electron chi connectivity index (χ2n) is 6.58. The molecule has 1 fully saturated rings. The van der Waals surface area contributed by atoms with Gasteiger partial charge in [-0.3, -0.25) is 4.79 Å². The molecule has 1 saturated heterocycles. The number of nitrogens with one attached hydrogen (secondary N) is 1. The zero-order valence-electron chi connectivity index (χ0n) is 13.7. The minimum absolute atomic E-state index is 0.00982. The van der Waals surface area contributed by atoms with Gasteiger partial charge in [-0.05, 0) is 36.6 Å². The third-order valence-corrected chi connectivity index (χ3v) is 5.33. The van der Waals surface area contributed by atoms with Crippen molar-refractivity contribution in [1.29, 1.82) is 0 Å². The van der Waals surface area contributed by atoms with Crippen LogP contribution in [0.25, 0.3) is 10.9 Å². The molecular formula is C20H19ClN2O2. The van der Waals surface area contributed by atoms with E-state index in [1.54, 1.807) is 18.3 Å². The summed E-state index contributed by atoms with van der Waals surface area (Å²) in [6, 6.07) is 15.1. The molecule has 0 bridgehead atoms. The predicted molar refractivity (Wildman–Crippen MR) is 98.8 cm³/mol. The molecule has 25 heavy (non-hydrogen) atoms. The molecule has 4 rings (SSSR count). The van der Waals surface area contributed by atoms with Crippen molar-refractivity contribution in [1.82, 2.24) is 9.88 Å². The Morgan fingerprint density at radius 2 is 1.76 bits per heavy atom. The number of aromatic amines is 1. The van der Waals surface area contributed by atoms with Crippen LogP contribution >= 0.6 is 11.6 Å². The maximum atomic E-state index is 12.9. The first kappa shape index (κ1) is 16.2. The fourth-order valence-electron chi connectivity index (χ4n) is 3.55. The van der Waals surface area contributed by atoms with E-state index >= 15 is 0 Å². The molecule has 2 heterocycles. The Labute approximate surface area is 151 Å². The van der Waals surface area contributed by atoms with Crippen LogP contribution in [0.5, 0.6) is 0 Å². The lowest BCUT2D eigenvalue weighted by molar-refractivity contribution is -0.0210. The van der Waals surface area contributed by atoms with Crippen molar-refractivity contribution in [2.24, 2.45) is 0 Å². The van der Waals surface area contributed by atoms with Crippen LogP contribution in [-0.2, 0) is 5.60 Å². The van der Waals surface area contributed by atoms with Crippen molar-refractivity contribution in [3.63, 3.8) is 0 Å². The second-order valence-corrected chi connectivity index (χ2v) is 7.02. The monoisotopic (exact) mass is 354 g/mol. The summed E-state index contributed by atoms with van der Waals surface area (Å²) in [5.41, 5.74) is 1.60. The van der Waals surface area contributed by atoms with Crippen LogP contribution < -0.4 is 0 Å². The van der Waals surface area contributed by atoms with E-state index in [0.29, 0.717) is 36.5 Å². The number of para-hydroxylation sites is 1. The lowest BCUT2D eigenvalue weighted by Crippen LogP contribution is -2.45. The smallest absolute Gasteiger partial charge is 0.256 e. The van der Waals surface area contributed by atoms with Gasteiger partial charge in [0.15, 0.2) is 0 Å². The number of halogens is 1. The Balaban J connectivity index is 1.51. The normalized spacial score (nSPS) is 17.0. The van der Waals surface area contributed by atoms with Gasteiger partial charge in [0.1, 0.15) is 0 Å². The Morgan fingerprint density at radius 3 is 2.48 bits per heavy atom. The molecule has 0 atom stereocenters. The molecule has 0 aliphatic carbocycles. The fraction of sp³-hybridized carbons (Fsp3) is 0.250. The number of aliphatic hydroxyl groups is 1. The molecule has 2 N–H and O–H groups in total. The van der Waals surface area contributed by atoms with E-state index < -0.39 is 5.60 Å². The van der Waals surface area contributed by atoms with E-state index in [1.165, 1.54) is 0 Å². The van der Waals surface area contributed by atoms with Crippen molar-refractivity contribution in [2.45, 2.75) is 18.4 Å². The first-order valence-electron chi connectivity index (χ1n) is 8.41. The lowest BCUT2D eigenvalue weighted by Gasteiger charge is -2.38. The van der Waals surface area contributed by atoms with Crippen LogP contribution in [0, 0.1) is 0 Å². The third kappa shape index (κ3) is 2.92. The Kier molecular flexibility index (Phi) is 4.02. The molecule has 1 aliphatic rings. The van der Waals surface area contributed by atoms with Gasteiger partial charge in [-0.25, -0.2) is 0 Å². The number of hydrogen-bond donors (Lipinski definition) is 2. The standard InChI is InChI=1S/C20H19ClN2O2/c21-15-7-5-14(6-8-15)20(25)9-11-23(12-10-20)19(24)17-13-22-18-4-2-1-3-16(17)18/h1-8,13,22,25H,9-12H2. The summed E-state index contributed by atoms with van der Waals surface area (Å²) in [5, 5.41) is 12.5. The van der Waals surface area contributed by atoms with Crippen molar-refractivity contribution < 1.29 is 9.90 Å². The third-order valence-electron chi connectivity index (χ3n) is 5.08. The molecule has 5 heteroatoms. The number of nitrogens with zero attached hydrogens (tertiary/aromatic N) is 1. The lowest BCUT2D eigenvalue weighted by atomic mass is 9.84. The van der Waals surface area contributed by atoms with Gasteiger partial charge in [-0.1, -0.05) is 41.9 Å². The van der Waals surface area contributed by atoms with E-state index in [1.807, 2.05) is 41.3 Å². The molecule has 1 aromatic heterocycles. The largest absolute Gasteiger partial charge is 0.385 e. The van der Waals surface area contributed by atoms with Gasteiger partial charge < -0.3 is 15.0 Å². The van der Waals surface area contributed by atoms with Crippen LogP contribution in [0.3, 0.4) is 0 Å². The number of aromatic nitrogens is 1. The summed E-state index contributed by atoms with van der Waals surface area (Å²) in [6.45, 7) is 1.05. The molecule has 0 saturated carbocycles. The molecule has 0 unspecified atom stereocenters. The minimum Gasteiger partial charge on any atom is -0.385 e. The van der Waals surface area contributed by atoms with Crippen molar-refractivity contribution in [2.75, 3.05) is 13.1 Å². The van der Waals surface area contributed by atoms with E-state index in [0.717, 1.165) is 16.5 Å². The molecule has 4 nitrogen and oxygen atoms in total. The highest BCUT2D eigenvalue weighted by molar-refractivity contribution is 6.30. The number of hydrogen-bond acceptors (Lipinski definition) is 2. The van der Waals surface area contributed by atoms with Gasteiger partial charge >= 0.3 is 0 Å². The van der Waals surface area contributed by atoms with Crippen LogP contribution in [0.1, 0.15) is 28.8 Å². The molecule has 128 valence electrons. The zero-order valence-corrected chi connectivity index (χ0v) is 14.5. The average Bonchev–Trinajstić information content (AvgIpc) is 3.06. The average molecular weight is 355 g/mol. The van der Waals surface area contributed by atoms with Crippen LogP contribution in [0.15, 0.2) is 54.7 Å². The van der Waals surface area contributed by atoms with Gasteiger partial charge in [0.05, 0.1) is 11.2 Å². The van der Waals surface area contributed by atoms with E-state index in [4.69, 9.17) is 11.6 Å². The number of rotatable bonds is 2. The van der Waals surface area contributed by atoms with Crippen molar-refractivity contribution >= 4 is 28.4 Å². The first-order valence-corrected chi connectivity index (χ1v) is 8.78. The summed E-state index contributed by atoms with van der Waals surface area (Å²) < 4.78 is 0. The Bertz CT molecular complexity index is 909. The van der Waals surface area contributed by atoms with Crippen LogP contribution in [0.4, 0.5) is 0 Å². The number of carbonyl (C=O) groups is 1. The molecule has 3 aromatic rings. The maximum Gasteiger partial charge on any atom is 0.256 e. The molecule has 0 radical (unpaired) electrons. The van der Waals surface area contributed by atoms with E-state index in [9.17, 15) is 9.90 Å². The number of H-pyrrole nitrogens is 1. The number of carbonyl (C=O) groups excluding carboxylic acids is 1. The maximum absolute atomic E-state index is 12.9. The quantitative estimate of drug-likeness (QED) is 0.732. The van der Waals surface area contributed by atoms with E-state index in [-0.39, 0.29) is 5.91 Å². The highest BCUT2D eigenvalue weighted by Crippen LogP contribution is 2.34. The number of amides is 1. The SMILES string of the molecule is O=C(c1c[nH]c2ccccc12)N1CCC(O)(c2ccc(Cl)cc2)CC1. The second kappa shape index (κ2) is 6.21. The number of piperidine rings is 1. The summed E-state index contributed by atoms with van der Waals surface area (Å²) in [5.74, 6) is 0.00982. The van der Waals surface area contributed by atoms with Gasteiger partial charge in [0.25, 0.3) is 5.91 Å². The summed E-state index contributed by atoms with van der Waals surface area (Å²) in [6.07, 6.45) is 2.80. The highest BCUT2D eigenvalue weighted by atomic mass is 35.5. The van der Waals surface area contributed by atoms with Crippen LogP contribution in [-0.4, -0.2) is 34.0 Å². The first-order chi connectivity index (χ1) is 12.1. The number of fused-ring (bicyclic) bond motifs is 1. The van der Waals surface area contributed by atoms with Gasteiger partial charge in [0.2, 0.25) is 0 Å². The highest BCUT2D eigenvalue weighted by Gasteiger charge is 2.35. The van der Waals surface area contributed by atoms with Crippen molar-refractivity contribution in [3.8, 4) is 0 Å². The van der Waals surface area contributed by atoms with E-state index in [2.05, 4.69) is 4.98 Å². The fourth-order valence-corrected chi connectivity index (χ4v) is 3.67.